The van der Waals surface area contributed by atoms with Crippen LogP contribution in [0.3, 0.4) is 0 Å². The fraction of sp³-hybridized carbons (Fsp3) is 0.176. The highest BCUT2D eigenvalue weighted by Crippen LogP contribution is 2.23. The van der Waals surface area contributed by atoms with Gasteiger partial charge in [0, 0.05) is 6.07 Å². The zero-order chi connectivity index (χ0) is 16.8. The predicted octanol–water partition coefficient (Wildman–Crippen LogP) is 2.56. The number of nitrogens with one attached hydrogen (secondary N) is 1. The van der Waals surface area contributed by atoms with E-state index >= 15 is 0 Å². The molecule has 0 heterocycles. The fourth-order valence-electron chi connectivity index (χ4n) is 1.92. The van der Waals surface area contributed by atoms with Gasteiger partial charge >= 0.3 is 0 Å². The van der Waals surface area contributed by atoms with Gasteiger partial charge in [0.05, 0.1) is 25.5 Å². The summed E-state index contributed by atoms with van der Waals surface area (Å²) in [6.45, 7) is 1.77. The number of hydrogen-bond acceptors (Lipinski definition) is 5. The van der Waals surface area contributed by atoms with Crippen molar-refractivity contribution in [1.29, 1.82) is 0 Å². The molecule has 0 aromatic heterocycles. The average molecular weight is 314 g/mol. The minimum atomic E-state index is -0.502. The SMILES string of the molecule is COc1ccc(/C(C)=N\NC(=O)c2ccc(OC)cc2O)cc1. The summed E-state index contributed by atoms with van der Waals surface area (Å²) in [5.74, 6) is 0.544. The predicted molar refractivity (Wildman–Crippen MR) is 87.3 cm³/mol. The number of phenolic OH excluding ortho intramolecular Hbond substituents is 1. The Kier molecular flexibility index (Phi) is 5.19. The van der Waals surface area contributed by atoms with Gasteiger partial charge in [0.25, 0.3) is 5.91 Å². The minimum absolute atomic E-state index is 0.122. The molecule has 2 aromatic carbocycles. The molecular formula is C17H18N2O4. The quantitative estimate of drug-likeness (QED) is 0.656. The van der Waals surface area contributed by atoms with Crippen LogP contribution in [0.5, 0.6) is 17.2 Å². The number of aromatic hydroxyl groups is 1. The summed E-state index contributed by atoms with van der Waals surface area (Å²) in [6.07, 6.45) is 0. The summed E-state index contributed by atoms with van der Waals surface area (Å²) < 4.78 is 10.1. The standard InChI is InChI=1S/C17H18N2O4/c1-11(12-4-6-13(22-2)7-5-12)18-19-17(21)15-9-8-14(23-3)10-16(15)20/h4-10,20H,1-3H3,(H,19,21)/b18-11-. The number of methoxy groups -OCH3 is 2. The first-order valence-corrected chi connectivity index (χ1v) is 6.91. The second kappa shape index (κ2) is 7.31. The summed E-state index contributed by atoms with van der Waals surface area (Å²) in [7, 11) is 3.08. The van der Waals surface area contributed by atoms with E-state index < -0.39 is 5.91 Å². The highest BCUT2D eigenvalue weighted by atomic mass is 16.5. The lowest BCUT2D eigenvalue weighted by molar-refractivity contribution is 0.0952. The zero-order valence-corrected chi connectivity index (χ0v) is 13.2. The number of rotatable bonds is 5. The monoisotopic (exact) mass is 314 g/mol. The second-order valence-corrected chi connectivity index (χ2v) is 4.75. The molecule has 0 saturated heterocycles. The topological polar surface area (TPSA) is 80.2 Å². The van der Waals surface area contributed by atoms with Gasteiger partial charge in [-0.2, -0.15) is 5.10 Å². The lowest BCUT2D eigenvalue weighted by Crippen LogP contribution is -2.19. The number of ether oxygens (including phenoxy) is 2. The smallest absolute Gasteiger partial charge is 0.275 e. The van der Waals surface area contributed by atoms with E-state index in [0.717, 1.165) is 11.3 Å². The van der Waals surface area contributed by atoms with E-state index in [1.165, 1.54) is 19.2 Å². The van der Waals surface area contributed by atoms with E-state index in [-0.39, 0.29) is 11.3 Å². The molecule has 0 saturated carbocycles. The molecule has 6 heteroatoms. The van der Waals surface area contributed by atoms with Crippen LogP contribution in [0, 0.1) is 0 Å². The van der Waals surface area contributed by atoms with Crippen molar-refractivity contribution in [2.75, 3.05) is 14.2 Å². The molecule has 0 bridgehead atoms. The van der Waals surface area contributed by atoms with Gasteiger partial charge in [0.15, 0.2) is 0 Å². The molecule has 0 unspecified atom stereocenters. The van der Waals surface area contributed by atoms with Crippen molar-refractivity contribution in [3.05, 3.63) is 53.6 Å². The van der Waals surface area contributed by atoms with Crippen LogP contribution in [-0.2, 0) is 0 Å². The summed E-state index contributed by atoms with van der Waals surface area (Å²) in [5, 5.41) is 13.9. The number of amides is 1. The van der Waals surface area contributed by atoms with E-state index in [1.807, 2.05) is 24.3 Å². The van der Waals surface area contributed by atoms with Crippen LogP contribution in [0.15, 0.2) is 47.6 Å². The van der Waals surface area contributed by atoms with E-state index in [1.54, 1.807) is 20.1 Å². The van der Waals surface area contributed by atoms with Crippen molar-refractivity contribution in [1.82, 2.24) is 5.43 Å². The Bertz CT molecular complexity index is 724. The minimum Gasteiger partial charge on any atom is -0.507 e. The van der Waals surface area contributed by atoms with E-state index in [2.05, 4.69) is 10.5 Å². The van der Waals surface area contributed by atoms with E-state index in [0.29, 0.717) is 11.5 Å². The highest BCUT2D eigenvalue weighted by Gasteiger charge is 2.11. The van der Waals surface area contributed by atoms with E-state index in [9.17, 15) is 9.90 Å². The van der Waals surface area contributed by atoms with Crippen LogP contribution < -0.4 is 14.9 Å². The lowest BCUT2D eigenvalue weighted by Gasteiger charge is -2.07. The van der Waals surface area contributed by atoms with Crippen molar-refractivity contribution < 1.29 is 19.4 Å². The van der Waals surface area contributed by atoms with Crippen LogP contribution in [0.25, 0.3) is 0 Å². The summed E-state index contributed by atoms with van der Waals surface area (Å²) >= 11 is 0. The number of hydrazone groups is 1. The maximum Gasteiger partial charge on any atom is 0.275 e. The zero-order valence-electron chi connectivity index (χ0n) is 13.2. The van der Waals surface area contributed by atoms with Gasteiger partial charge in [-0.3, -0.25) is 4.79 Å². The number of hydrogen-bond donors (Lipinski definition) is 2. The molecule has 0 atom stereocenters. The molecule has 0 fully saturated rings. The van der Waals surface area contributed by atoms with Crippen LogP contribution in [0.1, 0.15) is 22.8 Å². The van der Waals surface area contributed by atoms with Gasteiger partial charge < -0.3 is 14.6 Å². The first kappa shape index (κ1) is 16.4. The molecular weight excluding hydrogens is 296 g/mol. The maximum absolute atomic E-state index is 12.1. The first-order chi connectivity index (χ1) is 11.0. The van der Waals surface area contributed by atoms with Gasteiger partial charge in [-0.25, -0.2) is 5.43 Å². The third-order valence-corrected chi connectivity index (χ3v) is 3.28. The van der Waals surface area contributed by atoms with Crippen LogP contribution >= 0.6 is 0 Å². The molecule has 120 valence electrons. The van der Waals surface area contributed by atoms with Crippen molar-refractivity contribution in [3.8, 4) is 17.2 Å². The van der Waals surface area contributed by atoms with Gasteiger partial charge in [-0.1, -0.05) is 0 Å². The first-order valence-electron chi connectivity index (χ1n) is 6.91. The normalized spacial score (nSPS) is 11.0. The van der Waals surface area contributed by atoms with Crippen molar-refractivity contribution in [3.63, 3.8) is 0 Å². The van der Waals surface area contributed by atoms with Crippen molar-refractivity contribution in [2.45, 2.75) is 6.92 Å². The van der Waals surface area contributed by atoms with Gasteiger partial charge in [-0.15, -0.1) is 0 Å². The molecule has 2 aromatic rings. The third-order valence-electron chi connectivity index (χ3n) is 3.28. The largest absolute Gasteiger partial charge is 0.507 e. The molecule has 2 N–H and O–H groups in total. The molecule has 2 rings (SSSR count). The van der Waals surface area contributed by atoms with E-state index in [4.69, 9.17) is 9.47 Å². The molecule has 0 radical (unpaired) electrons. The van der Waals surface area contributed by atoms with Crippen molar-refractivity contribution in [2.24, 2.45) is 5.10 Å². The Balaban J connectivity index is 2.10. The summed E-state index contributed by atoms with van der Waals surface area (Å²) in [5.41, 5.74) is 4.03. The number of carbonyl (C=O) groups excluding carboxylic acids is 1. The Morgan fingerprint density at radius 2 is 1.65 bits per heavy atom. The van der Waals surface area contributed by atoms with Crippen LogP contribution in [0.4, 0.5) is 0 Å². The van der Waals surface area contributed by atoms with Crippen LogP contribution in [0.2, 0.25) is 0 Å². The lowest BCUT2D eigenvalue weighted by atomic mass is 10.1. The Morgan fingerprint density at radius 1 is 1.04 bits per heavy atom. The maximum atomic E-state index is 12.1. The molecule has 0 aliphatic carbocycles. The third kappa shape index (κ3) is 4.00. The molecule has 0 aliphatic rings. The van der Waals surface area contributed by atoms with Crippen molar-refractivity contribution >= 4 is 11.6 Å². The summed E-state index contributed by atoms with van der Waals surface area (Å²) in [6, 6.07) is 11.7. The molecule has 23 heavy (non-hydrogen) atoms. The molecule has 0 spiro atoms. The molecule has 1 amide bonds. The fourth-order valence-corrected chi connectivity index (χ4v) is 1.92. The van der Waals surface area contributed by atoms with Gasteiger partial charge in [-0.05, 0) is 48.9 Å². The number of carbonyl (C=O) groups is 1. The Labute approximate surface area is 134 Å². The molecule has 0 aliphatic heterocycles. The number of nitrogens with zero attached hydrogens (tertiary/aromatic N) is 1. The Hall–Kier alpha value is -3.02. The number of benzene rings is 2. The summed E-state index contributed by atoms with van der Waals surface area (Å²) in [4.78, 5) is 12.1. The number of phenols is 1. The average Bonchev–Trinajstić information content (AvgIpc) is 2.59. The van der Waals surface area contributed by atoms with Gasteiger partial charge in [0.1, 0.15) is 17.2 Å². The molecule has 6 nitrogen and oxygen atoms in total. The highest BCUT2D eigenvalue weighted by molar-refractivity contribution is 6.01. The van der Waals surface area contributed by atoms with Gasteiger partial charge in [0.2, 0.25) is 0 Å². The Morgan fingerprint density at radius 3 is 2.22 bits per heavy atom. The van der Waals surface area contributed by atoms with Crippen LogP contribution in [-0.4, -0.2) is 30.9 Å². The second-order valence-electron chi connectivity index (χ2n) is 4.75.